The summed E-state index contributed by atoms with van der Waals surface area (Å²) in [5, 5.41) is 3.17. The van der Waals surface area contributed by atoms with E-state index in [9.17, 15) is 4.79 Å². The van der Waals surface area contributed by atoms with Gasteiger partial charge >= 0.3 is 0 Å². The first-order chi connectivity index (χ1) is 11.2. The number of nitrogens with zero attached hydrogens (tertiary/aromatic N) is 1. The van der Waals surface area contributed by atoms with Crippen LogP contribution in [0.5, 0.6) is 0 Å². The molecule has 2 fully saturated rings. The van der Waals surface area contributed by atoms with Gasteiger partial charge in [-0.3, -0.25) is 9.69 Å². The highest BCUT2D eigenvalue weighted by Crippen LogP contribution is 2.20. The van der Waals surface area contributed by atoms with Crippen molar-refractivity contribution >= 4 is 5.91 Å². The Morgan fingerprint density at radius 3 is 2.83 bits per heavy atom. The van der Waals surface area contributed by atoms with Crippen molar-refractivity contribution in [3.8, 4) is 0 Å². The smallest absolute Gasteiger partial charge is 0.223 e. The third kappa shape index (κ3) is 4.55. The topological polar surface area (TPSA) is 41.6 Å². The van der Waals surface area contributed by atoms with Crippen molar-refractivity contribution in [2.45, 2.75) is 32.7 Å². The van der Waals surface area contributed by atoms with Gasteiger partial charge in [-0.1, -0.05) is 24.3 Å². The summed E-state index contributed by atoms with van der Waals surface area (Å²) in [6.45, 7) is 7.69. The Bertz CT molecular complexity index is 526. The zero-order valence-corrected chi connectivity index (χ0v) is 14.1. The van der Waals surface area contributed by atoms with Crippen LogP contribution in [-0.4, -0.2) is 43.7 Å². The molecule has 0 saturated carbocycles. The fraction of sp³-hybridized carbons (Fsp3) is 0.632. The molecular weight excluding hydrogens is 288 g/mol. The highest BCUT2D eigenvalue weighted by Gasteiger charge is 2.25. The molecule has 0 spiro atoms. The number of carbonyl (C=O) groups excluding carboxylic acids is 1. The molecule has 2 aliphatic rings. The largest absolute Gasteiger partial charge is 0.381 e. The van der Waals surface area contributed by atoms with Gasteiger partial charge in [0.2, 0.25) is 5.91 Å². The first-order valence-electron chi connectivity index (χ1n) is 8.84. The van der Waals surface area contributed by atoms with Gasteiger partial charge in [-0.2, -0.15) is 0 Å². The number of rotatable bonds is 5. The van der Waals surface area contributed by atoms with Crippen LogP contribution in [0.3, 0.4) is 0 Å². The quantitative estimate of drug-likeness (QED) is 0.907. The Morgan fingerprint density at radius 1 is 1.26 bits per heavy atom. The molecule has 3 rings (SSSR count). The van der Waals surface area contributed by atoms with E-state index in [2.05, 4.69) is 41.4 Å². The van der Waals surface area contributed by atoms with Gasteiger partial charge in [0.1, 0.15) is 0 Å². The fourth-order valence-electron chi connectivity index (χ4n) is 3.60. The van der Waals surface area contributed by atoms with Crippen LogP contribution in [0.1, 0.15) is 30.4 Å². The lowest BCUT2D eigenvalue weighted by atomic mass is 9.99. The van der Waals surface area contributed by atoms with E-state index in [-0.39, 0.29) is 11.8 Å². The van der Waals surface area contributed by atoms with Crippen molar-refractivity contribution in [2.24, 2.45) is 11.8 Å². The number of carbonyl (C=O) groups is 1. The minimum atomic E-state index is 0.160. The second kappa shape index (κ2) is 7.93. The summed E-state index contributed by atoms with van der Waals surface area (Å²) < 4.78 is 5.32. The molecule has 1 atom stereocenters. The summed E-state index contributed by atoms with van der Waals surface area (Å²) in [5.74, 6) is 0.974. The molecule has 0 aliphatic carbocycles. The minimum Gasteiger partial charge on any atom is -0.381 e. The van der Waals surface area contributed by atoms with Crippen molar-refractivity contribution in [1.82, 2.24) is 10.2 Å². The molecule has 1 aromatic carbocycles. The van der Waals surface area contributed by atoms with E-state index < -0.39 is 0 Å². The van der Waals surface area contributed by atoms with Gasteiger partial charge < -0.3 is 10.1 Å². The predicted octanol–water partition coefficient (Wildman–Crippen LogP) is 2.36. The lowest BCUT2D eigenvalue weighted by molar-refractivity contribution is -0.128. The van der Waals surface area contributed by atoms with Crippen LogP contribution in [0.25, 0.3) is 0 Å². The van der Waals surface area contributed by atoms with Crippen LogP contribution in [0, 0.1) is 18.8 Å². The van der Waals surface area contributed by atoms with Crippen LogP contribution in [0.15, 0.2) is 24.3 Å². The third-order valence-electron chi connectivity index (χ3n) is 5.18. The highest BCUT2D eigenvalue weighted by atomic mass is 16.5. The molecule has 23 heavy (non-hydrogen) atoms. The maximum absolute atomic E-state index is 12.2. The molecular formula is C19H28N2O2. The lowest BCUT2D eigenvalue weighted by Crippen LogP contribution is -2.37. The number of hydrogen-bond donors (Lipinski definition) is 1. The van der Waals surface area contributed by atoms with E-state index >= 15 is 0 Å². The number of amides is 1. The van der Waals surface area contributed by atoms with Crippen molar-refractivity contribution in [3.63, 3.8) is 0 Å². The molecule has 0 bridgehead atoms. The summed E-state index contributed by atoms with van der Waals surface area (Å²) in [6, 6.07) is 8.61. The van der Waals surface area contributed by atoms with Crippen LogP contribution in [0.2, 0.25) is 0 Å². The Labute approximate surface area is 139 Å². The maximum atomic E-state index is 12.2. The molecule has 126 valence electrons. The second-order valence-electron chi connectivity index (χ2n) is 6.95. The van der Waals surface area contributed by atoms with Crippen molar-refractivity contribution < 1.29 is 9.53 Å². The van der Waals surface area contributed by atoms with Gasteiger partial charge in [-0.25, -0.2) is 0 Å². The van der Waals surface area contributed by atoms with Crippen LogP contribution >= 0.6 is 0 Å². The zero-order chi connectivity index (χ0) is 16.1. The van der Waals surface area contributed by atoms with Gasteiger partial charge in [0.05, 0.1) is 0 Å². The number of ether oxygens (including phenoxy) is 1. The van der Waals surface area contributed by atoms with Crippen LogP contribution < -0.4 is 5.32 Å². The lowest BCUT2D eigenvalue weighted by Gasteiger charge is -2.22. The van der Waals surface area contributed by atoms with E-state index in [1.54, 1.807) is 0 Å². The molecule has 0 radical (unpaired) electrons. The molecule has 0 unspecified atom stereocenters. The van der Waals surface area contributed by atoms with Crippen molar-refractivity contribution in [3.05, 3.63) is 35.4 Å². The summed E-state index contributed by atoms with van der Waals surface area (Å²) in [6.07, 6.45) is 2.92. The maximum Gasteiger partial charge on any atom is 0.223 e. The summed E-state index contributed by atoms with van der Waals surface area (Å²) in [5.41, 5.74) is 2.78. The fourth-order valence-corrected chi connectivity index (χ4v) is 3.60. The molecule has 4 heteroatoms. The SMILES string of the molecule is Cc1ccccc1CN1CC[C@@H](CNC(=O)C2CCOCC2)C1. The normalized spacial score (nSPS) is 23.1. The minimum absolute atomic E-state index is 0.160. The first kappa shape index (κ1) is 16.5. The average molecular weight is 316 g/mol. The number of benzene rings is 1. The second-order valence-corrected chi connectivity index (χ2v) is 6.95. The van der Waals surface area contributed by atoms with E-state index in [1.807, 2.05) is 0 Å². The molecule has 1 amide bonds. The van der Waals surface area contributed by atoms with Gasteiger partial charge in [-0.15, -0.1) is 0 Å². The first-order valence-corrected chi connectivity index (χ1v) is 8.84. The van der Waals surface area contributed by atoms with Gasteiger partial charge in [0.25, 0.3) is 0 Å². The van der Waals surface area contributed by atoms with Crippen LogP contribution in [0.4, 0.5) is 0 Å². The van der Waals surface area contributed by atoms with E-state index in [0.29, 0.717) is 5.92 Å². The number of likely N-dealkylation sites (tertiary alicyclic amines) is 1. The number of hydrogen-bond acceptors (Lipinski definition) is 3. The third-order valence-corrected chi connectivity index (χ3v) is 5.18. The molecule has 2 aliphatic heterocycles. The molecule has 4 nitrogen and oxygen atoms in total. The average Bonchev–Trinajstić information content (AvgIpc) is 3.03. The Morgan fingerprint density at radius 2 is 2.04 bits per heavy atom. The monoisotopic (exact) mass is 316 g/mol. The Balaban J connectivity index is 1.41. The standard InChI is InChI=1S/C19H28N2O2/c1-15-4-2-3-5-18(15)14-21-9-6-16(13-21)12-20-19(22)17-7-10-23-11-8-17/h2-5,16-17H,6-14H2,1H3,(H,20,22)/t16-/m0/s1. The summed E-state index contributed by atoms with van der Waals surface area (Å²) in [4.78, 5) is 14.7. The van der Waals surface area contributed by atoms with E-state index in [0.717, 1.165) is 52.2 Å². The summed E-state index contributed by atoms with van der Waals surface area (Å²) >= 11 is 0. The van der Waals surface area contributed by atoms with Crippen LogP contribution in [-0.2, 0) is 16.1 Å². The Kier molecular flexibility index (Phi) is 5.68. The van der Waals surface area contributed by atoms with Crippen molar-refractivity contribution in [2.75, 3.05) is 32.8 Å². The van der Waals surface area contributed by atoms with Gasteiger partial charge in [0.15, 0.2) is 0 Å². The van der Waals surface area contributed by atoms with Crippen molar-refractivity contribution in [1.29, 1.82) is 0 Å². The highest BCUT2D eigenvalue weighted by molar-refractivity contribution is 5.78. The summed E-state index contributed by atoms with van der Waals surface area (Å²) in [7, 11) is 0. The number of nitrogens with one attached hydrogen (secondary N) is 1. The molecule has 2 heterocycles. The Hall–Kier alpha value is -1.39. The van der Waals surface area contributed by atoms with E-state index in [1.165, 1.54) is 17.5 Å². The van der Waals surface area contributed by atoms with Gasteiger partial charge in [-0.05, 0) is 49.8 Å². The molecule has 1 aromatic rings. The van der Waals surface area contributed by atoms with Gasteiger partial charge in [0, 0.05) is 38.8 Å². The molecule has 1 N–H and O–H groups in total. The zero-order valence-electron chi connectivity index (χ0n) is 14.1. The predicted molar refractivity (Wildman–Crippen MR) is 91.1 cm³/mol. The number of aryl methyl sites for hydroxylation is 1. The molecule has 2 saturated heterocycles. The molecule has 0 aromatic heterocycles. The van der Waals surface area contributed by atoms with E-state index in [4.69, 9.17) is 4.74 Å².